The molecule has 0 aliphatic heterocycles. The Morgan fingerprint density at radius 2 is 2.20 bits per heavy atom. The number of halogens is 3. The molecule has 0 saturated carbocycles. The molecular weight excluding hydrogens is 372 g/mol. The maximum Gasteiger partial charge on any atom is 0.295 e. The average molecular weight is 384 g/mol. The van der Waals surface area contributed by atoms with Crippen LogP contribution < -0.4 is 16.0 Å². The van der Waals surface area contributed by atoms with Crippen LogP contribution in [0.25, 0.3) is 11.3 Å². The van der Waals surface area contributed by atoms with Gasteiger partial charge in [0.15, 0.2) is 17.3 Å². The molecule has 0 saturated heterocycles. The molecule has 2 rings (SSSR count). The summed E-state index contributed by atoms with van der Waals surface area (Å²) in [7, 11) is 1.28. The lowest BCUT2D eigenvalue weighted by Gasteiger charge is -2.12. The third-order valence-corrected chi connectivity index (χ3v) is 3.75. The van der Waals surface area contributed by atoms with Crippen molar-refractivity contribution in [3.63, 3.8) is 0 Å². The Morgan fingerprint density at radius 3 is 2.84 bits per heavy atom. The molecule has 9 heteroatoms. The van der Waals surface area contributed by atoms with E-state index in [2.05, 4.69) is 16.4 Å². The van der Waals surface area contributed by atoms with Crippen molar-refractivity contribution in [2.45, 2.75) is 0 Å². The summed E-state index contributed by atoms with van der Waals surface area (Å²) in [5.41, 5.74) is 7.74. The van der Waals surface area contributed by atoms with Crippen LogP contribution in [0.1, 0.15) is 10.5 Å². The molecule has 0 unspecified atom stereocenters. The number of nitrogens with one attached hydrogen (secondary N) is 1. The molecule has 1 aromatic carbocycles. The monoisotopic (exact) mass is 383 g/mol. The Labute approximate surface area is 153 Å². The van der Waals surface area contributed by atoms with E-state index in [4.69, 9.17) is 44.9 Å². The van der Waals surface area contributed by atoms with Gasteiger partial charge in [0.05, 0.1) is 28.5 Å². The van der Waals surface area contributed by atoms with Crippen LogP contribution in [0.15, 0.2) is 18.2 Å². The first kappa shape index (κ1) is 18.8. The fourth-order valence-corrected chi connectivity index (χ4v) is 2.35. The predicted molar refractivity (Wildman–Crippen MR) is 92.9 cm³/mol. The number of hydroxylamine groups is 1. The molecule has 130 valence electrons. The largest absolute Gasteiger partial charge is 0.492 e. The number of amides is 1. The number of rotatable bonds is 5. The Balaban J connectivity index is 2.51. The summed E-state index contributed by atoms with van der Waals surface area (Å²) < 4.78 is 19.5. The maximum atomic E-state index is 14.6. The molecule has 0 bridgehead atoms. The molecule has 0 fully saturated rings. The van der Waals surface area contributed by atoms with Crippen LogP contribution in [-0.4, -0.2) is 24.6 Å². The molecule has 0 atom stereocenters. The molecule has 0 radical (unpaired) electrons. The Kier molecular flexibility index (Phi) is 6.04. The molecule has 3 N–H and O–H groups in total. The number of nitrogens with zero attached hydrogens (tertiary/aromatic N) is 1. The van der Waals surface area contributed by atoms with Crippen LogP contribution in [0.4, 0.5) is 10.1 Å². The van der Waals surface area contributed by atoms with Crippen LogP contribution in [0.2, 0.25) is 10.0 Å². The number of aromatic nitrogens is 1. The van der Waals surface area contributed by atoms with Gasteiger partial charge < -0.3 is 10.5 Å². The van der Waals surface area contributed by atoms with Gasteiger partial charge in [-0.05, 0) is 18.2 Å². The first-order valence-corrected chi connectivity index (χ1v) is 7.50. The van der Waals surface area contributed by atoms with Crippen molar-refractivity contribution in [2.24, 2.45) is 0 Å². The number of carbonyl (C=O) groups excluding carboxylic acids is 1. The van der Waals surface area contributed by atoms with E-state index in [-0.39, 0.29) is 45.0 Å². The van der Waals surface area contributed by atoms with Gasteiger partial charge in [0.2, 0.25) is 0 Å². The van der Waals surface area contributed by atoms with Gasteiger partial charge in [-0.25, -0.2) is 14.9 Å². The van der Waals surface area contributed by atoms with Crippen molar-refractivity contribution >= 4 is 34.8 Å². The van der Waals surface area contributed by atoms with Crippen LogP contribution in [0.3, 0.4) is 0 Å². The average Bonchev–Trinajstić information content (AvgIpc) is 2.58. The first-order chi connectivity index (χ1) is 11.9. The summed E-state index contributed by atoms with van der Waals surface area (Å²) in [5, 5.41) is -0.0155. The van der Waals surface area contributed by atoms with Crippen molar-refractivity contribution in [1.82, 2.24) is 10.5 Å². The highest BCUT2D eigenvalue weighted by Gasteiger charge is 2.21. The predicted octanol–water partition coefficient (Wildman–Crippen LogP) is 3.08. The van der Waals surface area contributed by atoms with Crippen molar-refractivity contribution in [3.05, 3.63) is 39.8 Å². The van der Waals surface area contributed by atoms with E-state index in [0.717, 1.165) is 0 Å². The van der Waals surface area contributed by atoms with Crippen molar-refractivity contribution in [2.75, 3.05) is 19.5 Å². The zero-order valence-electron chi connectivity index (χ0n) is 12.9. The number of hydrogen-bond acceptors (Lipinski definition) is 5. The maximum absolute atomic E-state index is 14.6. The summed E-state index contributed by atoms with van der Waals surface area (Å²) in [6.07, 6.45) is 5.01. The fraction of sp³-hybridized carbons (Fsp3) is 0.125. The number of hydrogen-bond donors (Lipinski definition) is 2. The lowest BCUT2D eigenvalue weighted by molar-refractivity contribution is 0.0433. The van der Waals surface area contributed by atoms with E-state index in [1.807, 2.05) is 0 Å². The molecule has 6 nitrogen and oxygen atoms in total. The van der Waals surface area contributed by atoms with Gasteiger partial charge in [-0.15, -0.1) is 6.42 Å². The molecule has 1 amide bonds. The molecule has 1 heterocycles. The second kappa shape index (κ2) is 8.03. The second-order valence-corrected chi connectivity index (χ2v) is 5.41. The molecule has 0 aliphatic carbocycles. The van der Waals surface area contributed by atoms with E-state index in [1.54, 1.807) is 0 Å². The topological polar surface area (TPSA) is 86.5 Å². The minimum Gasteiger partial charge on any atom is -0.492 e. The summed E-state index contributed by atoms with van der Waals surface area (Å²) in [6, 6.07) is 4.14. The minimum atomic E-state index is -0.782. The van der Waals surface area contributed by atoms with Crippen molar-refractivity contribution in [3.8, 4) is 29.4 Å². The highest BCUT2D eigenvalue weighted by atomic mass is 35.5. The Hall–Kier alpha value is -2.53. The molecule has 0 spiro atoms. The first-order valence-electron chi connectivity index (χ1n) is 6.74. The number of anilines is 1. The lowest BCUT2D eigenvalue weighted by Crippen LogP contribution is -2.25. The van der Waals surface area contributed by atoms with Crippen LogP contribution >= 0.6 is 23.2 Å². The fourth-order valence-electron chi connectivity index (χ4n) is 1.95. The van der Waals surface area contributed by atoms with E-state index in [9.17, 15) is 9.18 Å². The van der Waals surface area contributed by atoms with Gasteiger partial charge in [-0.3, -0.25) is 9.63 Å². The standard InChI is InChI=1S/C16H12Cl2FN3O3/c1-3-6-25-22-16(23)14-12(18)10(20)7-11(21-14)8-4-5-9(17)15(24-2)13(8)19/h1,4-5,7H,6H2,2H3,(H2,20,21)(H,22,23). The summed E-state index contributed by atoms with van der Waals surface area (Å²) in [6.45, 7) is -0.151. The van der Waals surface area contributed by atoms with Gasteiger partial charge in [0.1, 0.15) is 6.61 Å². The van der Waals surface area contributed by atoms with Gasteiger partial charge >= 0.3 is 0 Å². The van der Waals surface area contributed by atoms with Gasteiger partial charge in [-0.2, -0.15) is 0 Å². The van der Waals surface area contributed by atoms with E-state index in [0.29, 0.717) is 0 Å². The number of terminal acetylenes is 1. The number of carbonyl (C=O) groups is 1. The molecule has 0 aliphatic rings. The Bertz CT molecular complexity index is 869. The van der Waals surface area contributed by atoms with E-state index in [1.165, 1.54) is 25.3 Å². The van der Waals surface area contributed by atoms with Crippen LogP contribution in [-0.2, 0) is 4.84 Å². The SMILES string of the molecule is C#CCONC(=O)c1nc(-c2ccc(Cl)c(OC)c2F)cc(N)c1Cl. The second-order valence-electron chi connectivity index (χ2n) is 4.63. The van der Waals surface area contributed by atoms with Crippen molar-refractivity contribution < 1.29 is 18.8 Å². The van der Waals surface area contributed by atoms with E-state index < -0.39 is 11.7 Å². The lowest BCUT2D eigenvalue weighted by atomic mass is 10.1. The van der Waals surface area contributed by atoms with Gasteiger partial charge in [0, 0.05) is 5.56 Å². The van der Waals surface area contributed by atoms with Crippen LogP contribution in [0, 0.1) is 18.2 Å². The molecular formula is C16H12Cl2FN3O3. The zero-order valence-corrected chi connectivity index (χ0v) is 14.4. The van der Waals surface area contributed by atoms with Gasteiger partial charge in [0.25, 0.3) is 5.91 Å². The van der Waals surface area contributed by atoms with E-state index >= 15 is 0 Å². The smallest absolute Gasteiger partial charge is 0.295 e. The highest BCUT2D eigenvalue weighted by molar-refractivity contribution is 6.36. The molecule has 1 aromatic heterocycles. The normalized spacial score (nSPS) is 10.2. The number of benzene rings is 1. The summed E-state index contributed by atoms with van der Waals surface area (Å²) in [4.78, 5) is 20.9. The third-order valence-electron chi connectivity index (χ3n) is 3.05. The third kappa shape index (κ3) is 3.94. The van der Waals surface area contributed by atoms with Crippen LogP contribution in [0.5, 0.6) is 5.75 Å². The number of nitrogens with two attached hydrogens (primary N) is 1. The summed E-state index contributed by atoms with van der Waals surface area (Å²) >= 11 is 11.9. The zero-order chi connectivity index (χ0) is 18.6. The van der Waals surface area contributed by atoms with Gasteiger partial charge in [-0.1, -0.05) is 29.1 Å². The molecule has 25 heavy (non-hydrogen) atoms. The number of ether oxygens (including phenoxy) is 1. The minimum absolute atomic E-state index is 0.0297. The molecule has 2 aromatic rings. The highest BCUT2D eigenvalue weighted by Crippen LogP contribution is 2.36. The number of nitrogen functional groups attached to an aromatic ring is 1. The van der Waals surface area contributed by atoms with Crippen molar-refractivity contribution in [1.29, 1.82) is 0 Å². The number of methoxy groups -OCH3 is 1. The quantitative estimate of drug-likeness (QED) is 0.470. The summed E-state index contributed by atoms with van der Waals surface area (Å²) in [5.74, 6) is 0.484. The number of pyridine rings is 1. The Morgan fingerprint density at radius 1 is 1.48 bits per heavy atom.